The van der Waals surface area contributed by atoms with Crippen LogP contribution in [-0.4, -0.2) is 17.9 Å². The molecule has 0 aromatic heterocycles. The Hall–Kier alpha value is -3.61. The summed E-state index contributed by atoms with van der Waals surface area (Å²) in [6, 6.07) is 16.3. The van der Waals surface area contributed by atoms with E-state index in [1.54, 1.807) is 49.4 Å². The van der Waals surface area contributed by atoms with Crippen molar-refractivity contribution in [1.29, 1.82) is 0 Å². The molecule has 0 unspecified atom stereocenters. The summed E-state index contributed by atoms with van der Waals surface area (Å²) in [7, 11) is 0. The molecule has 3 rings (SSSR count). The zero-order valence-electron chi connectivity index (χ0n) is 17.9. The number of carbonyl (C=O) groups is 2. The fraction of sp³-hybridized carbons (Fsp3) is 0.200. The van der Waals surface area contributed by atoms with Gasteiger partial charge in [-0.05, 0) is 67.8 Å². The lowest BCUT2D eigenvalue weighted by Gasteiger charge is -2.14. The number of anilines is 1. The highest BCUT2D eigenvalue weighted by molar-refractivity contribution is 6.09. The number of benzene rings is 3. The van der Waals surface area contributed by atoms with Crippen molar-refractivity contribution in [3.05, 3.63) is 89.0 Å². The van der Waals surface area contributed by atoms with Gasteiger partial charge in [-0.15, -0.1) is 0 Å². The van der Waals surface area contributed by atoms with Gasteiger partial charge in [-0.25, -0.2) is 0 Å². The number of hydrogen-bond acceptors (Lipinski definition) is 2. The summed E-state index contributed by atoms with van der Waals surface area (Å²) in [5, 5.41) is 5.61. The summed E-state index contributed by atoms with van der Waals surface area (Å²) in [5.74, 6) is -0.668. The van der Waals surface area contributed by atoms with Crippen LogP contribution in [0, 0.1) is 6.92 Å². The number of rotatable bonds is 5. The summed E-state index contributed by atoms with van der Waals surface area (Å²) >= 11 is 0. The number of carbonyl (C=O) groups excluding carboxylic acids is 2. The lowest BCUT2D eigenvalue weighted by molar-refractivity contribution is -0.137. The molecule has 32 heavy (non-hydrogen) atoms. The smallest absolute Gasteiger partial charge is 0.350 e. The number of aryl methyl sites for hydroxylation is 1. The maximum absolute atomic E-state index is 13.0. The average molecular weight is 440 g/mol. The Morgan fingerprint density at radius 1 is 0.844 bits per heavy atom. The molecule has 0 aliphatic carbocycles. The maximum atomic E-state index is 13.0. The van der Waals surface area contributed by atoms with Crippen molar-refractivity contribution < 1.29 is 22.8 Å². The van der Waals surface area contributed by atoms with Crippen LogP contribution in [0.4, 0.5) is 18.9 Å². The summed E-state index contributed by atoms with van der Waals surface area (Å²) < 4.78 is 38.6. The summed E-state index contributed by atoms with van der Waals surface area (Å²) in [6.07, 6.45) is -4.43. The topological polar surface area (TPSA) is 58.2 Å². The molecule has 0 atom stereocenters. The third kappa shape index (κ3) is 5.35. The minimum Gasteiger partial charge on any atom is -0.350 e. The average Bonchev–Trinajstić information content (AvgIpc) is 2.74. The van der Waals surface area contributed by atoms with Crippen molar-refractivity contribution in [1.82, 2.24) is 5.32 Å². The van der Waals surface area contributed by atoms with Gasteiger partial charge in [0.05, 0.1) is 5.56 Å². The number of amides is 2. The van der Waals surface area contributed by atoms with Gasteiger partial charge in [0.25, 0.3) is 11.8 Å². The van der Waals surface area contributed by atoms with E-state index in [0.717, 1.165) is 17.7 Å². The Balaban J connectivity index is 1.88. The highest BCUT2D eigenvalue weighted by Crippen LogP contribution is 2.32. The third-order valence-corrected chi connectivity index (χ3v) is 4.85. The van der Waals surface area contributed by atoms with Gasteiger partial charge in [0.2, 0.25) is 0 Å². The van der Waals surface area contributed by atoms with Gasteiger partial charge in [0, 0.05) is 22.9 Å². The molecule has 3 aromatic rings. The first-order valence-electron chi connectivity index (χ1n) is 10.1. The van der Waals surface area contributed by atoms with Gasteiger partial charge in [0.15, 0.2) is 0 Å². The molecule has 0 aliphatic rings. The molecule has 0 fully saturated rings. The van der Waals surface area contributed by atoms with Crippen molar-refractivity contribution >= 4 is 17.5 Å². The minimum atomic E-state index is -4.43. The molecule has 0 saturated carbocycles. The number of alkyl halides is 3. The van der Waals surface area contributed by atoms with E-state index in [2.05, 4.69) is 10.6 Å². The summed E-state index contributed by atoms with van der Waals surface area (Å²) in [6.45, 7) is 5.52. The first kappa shape index (κ1) is 23.1. The van der Waals surface area contributed by atoms with Crippen LogP contribution in [0.1, 0.15) is 45.7 Å². The fourth-order valence-corrected chi connectivity index (χ4v) is 3.25. The number of hydrogen-bond donors (Lipinski definition) is 2. The van der Waals surface area contributed by atoms with E-state index in [4.69, 9.17) is 0 Å². The normalized spacial score (nSPS) is 11.3. The van der Waals surface area contributed by atoms with Crippen LogP contribution in [0.15, 0.2) is 66.7 Å². The predicted molar refractivity (Wildman–Crippen MR) is 119 cm³/mol. The van der Waals surface area contributed by atoms with Gasteiger partial charge >= 0.3 is 6.18 Å². The minimum absolute atomic E-state index is 0.0317. The predicted octanol–water partition coefficient (Wildman–Crippen LogP) is 6.07. The maximum Gasteiger partial charge on any atom is 0.416 e. The molecular formula is C25H23F3N2O2. The van der Waals surface area contributed by atoms with Crippen molar-refractivity contribution in [3.8, 4) is 11.1 Å². The van der Waals surface area contributed by atoms with Crippen molar-refractivity contribution in [2.75, 3.05) is 5.32 Å². The van der Waals surface area contributed by atoms with Gasteiger partial charge in [0.1, 0.15) is 0 Å². The Morgan fingerprint density at radius 2 is 1.50 bits per heavy atom. The number of nitrogens with one attached hydrogen (secondary N) is 2. The monoisotopic (exact) mass is 440 g/mol. The van der Waals surface area contributed by atoms with E-state index in [1.807, 2.05) is 13.8 Å². The number of halogens is 3. The molecule has 0 bridgehead atoms. The third-order valence-electron chi connectivity index (χ3n) is 4.85. The van der Waals surface area contributed by atoms with Crippen LogP contribution in [0.5, 0.6) is 0 Å². The fourth-order valence-electron chi connectivity index (χ4n) is 3.25. The molecular weight excluding hydrogens is 417 g/mol. The van der Waals surface area contributed by atoms with E-state index in [-0.39, 0.29) is 11.9 Å². The second kappa shape index (κ2) is 9.26. The molecule has 166 valence electrons. The van der Waals surface area contributed by atoms with Crippen LogP contribution < -0.4 is 10.6 Å². The Labute approximate surface area is 184 Å². The summed E-state index contributed by atoms with van der Waals surface area (Å²) in [5.41, 5.74) is 2.21. The van der Waals surface area contributed by atoms with Crippen LogP contribution >= 0.6 is 0 Å². The van der Waals surface area contributed by atoms with Crippen LogP contribution in [0.3, 0.4) is 0 Å². The van der Waals surface area contributed by atoms with E-state index < -0.39 is 17.6 Å². The van der Waals surface area contributed by atoms with E-state index in [9.17, 15) is 22.8 Å². The zero-order valence-corrected chi connectivity index (χ0v) is 17.9. The summed E-state index contributed by atoms with van der Waals surface area (Å²) in [4.78, 5) is 25.4. The molecule has 7 heteroatoms. The van der Waals surface area contributed by atoms with Crippen molar-refractivity contribution in [2.45, 2.75) is 33.0 Å². The highest BCUT2D eigenvalue weighted by Gasteiger charge is 2.30. The highest BCUT2D eigenvalue weighted by atomic mass is 19.4. The lowest BCUT2D eigenvalue weighted by Crippen LogP contribution is -2.30. The largest absolute Gasteiger partial charge is 0.416 e. The van der Waals surface area contributed by atoms with Gasteiger partial charge in [-0.3, -0.25) is 9.59 Å². The quantitative estimate of drug-likeness (QED) is 0.506. The van der Waals surface area contributed by atoms with E-state index in [0.29, 0.717) is 27.9 Å². The van der Waals surface area contributed by atoms with E-state index in [1.165, 1.54) is 12.1 Å². The van der Waals surface area contributed by atoms with Crippen LogP contribution in [0.25, 0.3) is 11.1 Å². The lowest BCUT2D eigenvalue weighted by atomic mass is 9.98. The molecule has 0 heterocycles. The molecule has 0 saturated heterocycles. The second-order valence-electron chi connectivity index (χ2n) is 7.73. The van der Waals surface area contributed by atoms with Gasteiger partial charge in [-0.2, -0.15) is 13.2 Å². The first-order chi connectivity index (χ1) is 15.1. The van der Waals surface area contributed by atoms with Crippen molar-refractivity contribution in [3.63, 3.8) is 0 Å². The standard InChI is InChI=1S/C25H23F3N2O2/c1-15(2)29-24(32)22-14-19(13-8-16(22)3)30-23(31)21-7-5-4-6-20(21)17-9-11-18(12-10-17)25(26,27)28/h4-15H,1-3H3,(H,29,32)(H,30,31). The van der Waals surface area contributed by atoms with Crippen LogP contribution in [0.2, 0.25) is 0 Å². The molecule has 0 aliphatic heterocycles. The first-order valence-corrected chi connectivity index (χ1v) is 10.1. The SMILES string of the molecule is Cc1ccc(NC(=O)c2ccccc2-c2ccc(C(F)(F)F)cc2)cc1C(=O)NC(C)C. The zero-order chi connectivity index (χ0) is 23.5. The molecule has 2 amide bonds. The van der Waals surface area contributed by atoms with Crippen molar-refractivity contribution in [2.24, 2.45) is 0 Å². The second-order valence-corrected chi connectivity index (χ2v) is 7.73. The molecule has 0 radical (unpaired) electrons. The molecule has 2 N–H and O–H groups in total. The Bertz CT molecular complexity index is 1140. The van der Waals surface area contributed by atoms with Gasteiger partial charge < -0.3 is 10.6 Å². The van der Waals surface area contributed by atoms with Gasteiger partial charge in [-0.1, -0.05) is 36.4 Å². The molecule has 3 aromatic carbocycles. The molecule has 4 nitrogen and oxygen atoms in total. The van der Waals surface area contributed by atoms with E-state index >= 15 is 0 Å². The Kier molecular flexibility index (Phi) is 6.67. The van der Waals surface area contributed by atoms with Crippen LogP contribution in [-0.2, 0) is 6.18 Å². The molecule has 0 spiro atoms. The Morgan fingerprint density at radius 3 is 2.12 bits per heavy atom.